The van der Waals surface area contributed by atoms with Crippen molar-refractivity contribution in [3.8, 4) is 5.75 Å². The maximum absolute atomic E-state index is 13.1. The molecule has 8 nitrogen and oxygen atoms in total. The number of hydrogen-bond donors (Lipinski definition) is 1. The number of amides is 1. The Bertz CT molecular complexity index is 1390. The molecular formula is C31H42N4O4S. The molecule has 0 aliphatic rings. The van der Waals surface area contributed by atoms with Gasteiger partial charge in [-0.3, -0.25) is 0 Å². The summed E-state index contributed by atoms with van der Waals surface area (Å²) in [5.74, 6) is 0.492. The highest BCUT2D eigenvalue weighted by molar-refractivity contribution is 7.90. The second kappa shape index (κ2) is 13.6. The highest BCUT2D eigenvalue weighted by Gasteiger charge is 2.19. The molecule has 0 unspecified atom stereocenters. The standard InChI is InChI=1S/C31H42N4O4S/c1-7-8-11-21-34(28-14-9-10-15-29(28)39-30(36)32-31(2,3)4)22-12-13-25-20-23-35(24-25)40(37,38)27-18-16-26(17-19-27)33(5)6/h9-10,12-20,23-24H,7-8,11,21-22H2,1-6H3,(H,32,36). The molecule has 0 fully saturated rings. The van der Waals surface area contributed by atoms with Crippen LogP contribution in [0.25, 0.3) is 6.08 Å². The lowest BCUT2D eigenvalue weighted by atomic mass is 10.1. The van der Waals surface area contributed by atoms with E-state index in [1.165, 1.54) is 3.97 Å². The van der Waals surface area contributed by atoms with Gasteiger partial charge >= 0.3 is 6.09 Å². The van der Waals surface area contributed by atoms with E-state index in [0.717, 1.165) is 42.7 Å². The van der Waals surface area contributed by atoms with Crippen LogP contribution in [0.2, 0.25) is 0 Å². The predicted molar refractivity (Wildman–Crippen MR) is 164 cm³/mol. The molecule has 2 aromatic carbocycles. The van der Waals surface area contributed by atoms with Crippen molar-refractivity contribution >= 4 is 33.6 Å². The van der Waals surface area contributed by atoms with Gasteiger partial charge in [-0.05, 0) is 75.2 Å². The van der Waals surface area contributed by atoms with Crippen molar-refractivity contribution in [2.24, 2.45) is 0 Å². The molecule has 216 valence electrons. The lowest BCUT2D eigenvalue weighted by Crippen LogP contribution is -2.42. The fourth-order valence-corrected chi connectivity index (χ4v) is 5.30. The molecule has 40 heavy (non-hydrogen) atoms. The number of aromatic nitrogens is 1. The number of rotatable bonds is 12. The zero-order valence-electron chi connectivity index (χ0n) is 24.4. The maximum Gasteiger partial charge on any atom is 0.413 e. The van der Waals surface area contributed by atoms with Gasteiger partial charge in [0.25, 0.3) is 10.0 Å². The molecule has 0 saturated carbocycles. The summed E-state index contributed by atoms with van der Waals surface area (Å²) in [6, 6.07) is 16.1. The number of para-hydroxylation sites is 2. The highest BCUT2D eigenvalue weighted by Crippen LogP contribution is 2.29. The van der Waals surface area contributed by atoms with Gasteiger partial charge in [0.2, 0.25) is 0 Å². The smallest absolute Gasteiger partial charge is 0.408 e. The second-order valence-corrected chi connectivity index (χ2v) is 12.8. The van der Waals surface area contributed by atoms with Crippen LogP contribution < -0.4 is 19.9 Å². The Kier molecular flexibility index (Phi) is 10.5. The second-order valence-electron chi connectivity index (χ2n) is 11.0. The van der Waals surface area contributed by atoms with E-state index in [4.69, 9.17) is 4.74 Å². The molecule has 0 radical (unpaired) electrons. The number of anilines is 2. The summed E-state index contributed by atoms with van der Waals surface area (Å²) >= 11 is 0. The fraction of sp³-hybridized carbons (Fsp3) is 0.387. The quantitative estimate of drug-likeness (QED) is 0.256. The average Bonchev–Trinajstić information content (AvgIpc) is 3.37. The Morgan fingerprint density at radius 2 is 1.73 bits per heavy atom. The summed E-state index contributed by atoms with van der Waals surface area (Å²) in [6.45, 7) is 9.23. The third-order valence-corrected chi connectivity index (χ3v) is 7.82. The number of hydrogen-bond acceptors (Lipinski definition) is 6. The minimum absolute atomic E-state index is 0.235. The van der Waals surface area contributed by atoms with E-state index >= 15 is 0 Å². The van der Waals surface area contributed by atoms with E-state index < -0.39 is 21.7 Å². The van der Waals surface area contributed by atoms with E-state index in [9.17, 15) is 13.2 Å². The summed E-state index contributed by atoms with van der Waals surface area (Å²) in [6.07, 6.45) is 9.75. The first-order chi connectivity index (χ1) is 18.9. The lowest BCUT2D eigenvalue weighted by molar-refractivity contribution is 0.190. The van der Waals surface area contributed by atoms with Crippen molar-refractivity contribution in [2.75, 3.05) is 37.0 Å². The number of benzene rings is 2. The van der Waals surface area contributed by atoms with Gasteiger partial charge in [0.05, 0.1) is 10.6 Å². The molecule has 9 heteroatoms. The summed E-state index contributed by atoms with van der Waals surface area (Å²) in [5, 5.41) is 2.84. The Labute approximate surface area is 239 Å². The molecule has 3 rings (SSSR count). The Morgan fingerprint density at radius 3 is 2.38 bits per heavy atom. The maximum atomic E-state index is 13.1. The van der Waals surface area contributed by atoms with Gasteiger partial charge in [-0.1, -0.05) is 44.1 Å². The zero-order chi connectivity index (χ0) is 29.3. The molecule has 0 saturated heterocycles. The molecule has 1 N–H and O–H groups in total. The summed E-state index contributed by atoms with van der Waals surface area (Å²) in [5.41, 5.74) is 2.12. The summed E-state index contributed by atoms with van der Waals surface area (Å²) in [4.78, 5) is 16.8. The SMILES string of the molecule is CCCCCN(CC=Cc1ccn(S(=O)(=O)c2ccc(N(C)C)cc2)c1)c1ccccc1OC(=O)NC(C)(C)C. The van der Waals surface area contributed by atoms with E-state index in [1.54, 1.807) is 48.8 Å². The van der Waals surface area contributed by atoms with Crippen molar-refractivity contribution in [2.45, 2.75) is 57.4 Å². The van der Waals surface area contributed by atoms with Crippen LogP contribution in [0.15, 0.2) is 78.0 Å². The molecule has 0 atom stereocenters. The van der Waals surface area contributed by atoms with Crippen LogP contribution in [0.3, 0.4) is 0 Å². The topological polar surface area (TPSA) is 83.9 Å². The van der Waals surface area contributed by atoms with Crippen molar-refractivity contribution in [3.63, 3.8) is 0 Å². The minimum atomic E-state index is -3.69. The van der Waals surface area contributed by atoms with Gasteiger partial charge in [0.15, 0.2) is 5.75 Å². The largest absolute Gasteiger partial charge is 0.413 e. The van der Waals surface area contributed by atoms with Crippen LogP contribution in [0.5, 0.6) is 5.75 Å². The number of nitrogens with one attached hydrogen (secondary N) is 1. The van der Waals surface area contributed by atoms with Crippen LogP contribution in [-0.4, -0.2) is 51.2 Å². The number of carbonyl (C=O) groups is 1. The van der Waals surface area contributed by atoms with Gasteiger partial charge in [-0.2, -0.15) is 0 Å². The Hall–Kier alpha value is -3.72. The molecule has 0 aliphatic heterocycles. The van der Waals surface area contributed by atoms with Crippen molar-refractivity contribution in [1.29, 1.82) is 0 Å². The number of ether oxygens (including phenoxy) is 1. The molecule has 0 aliphatic carbocycles. The van der Waals surface area contributed by atoms with Crippen LogP contribution in [0.4, 0.5) is 16.2 Å². The fourth-order valence-electron chi connectivity index (χ4n) is 4.09. The zero-order valence-corrected chi connectivity index (χ0v) is 25.2. The monoisotopic (exact) mass is 566 g/mol. The van der Waals surface area contributed by atoms with Crippen LogP contribution in [0.1, 0.15) is 52.5 Å². The molecule has 3 aromatic rings. The molecule has 1 aromatic heterocycles. The van der Waals surface area contributed by atoms with Gasteiger partial charge in [-0.25, -0.2) is 17.2 Å². The third-order valence-electron chi connectivity index (χ3n) is 6.17. The van der Waals surface area contributed by atoms with Crippen LogP contribution in [0, 0.1) is 0 Å². The van der Waals surface area contributed by atoms with Crippen molar-refractivity contribution in [1.82, 2.24) is 9.29 Å². The predicted octanol–water partition coefficient (Wildman–Crippen LogP) is 6.39. The molecular weight excluding hydrogens is 524 g/mol. The average molecular weight is 567 g/mol. The van der Waals surface area contributed by atoms with E-state index in [2.05, 4.69) is 17.1 Å². The number of carbonyl (C=O) groups excluding carboxylic acids is 1. The van der Waals surface area contributed by atoms with Crippen molar-refractivity contribution < 1.29 is 17.9 Å². The van der Waals surface area contributed by atoms with Crippen LogP contribution in [-0.2, 0) is 10.0 Å². The first-order valence-corrected chi connectivity index (χ1v) is 15.1. The molecule has 0 spiro atoms. The van der Waals surface area contributed by atoms with Crippen molar-refractivity contribution in [3.05, 3.63) is 78.6 Å². The summed E-state index contributed by atoms with van der Waals surface area (Å²) in [7, 11) is 0.132. The van der Waals surface area contributed by atoms with E-state index in [-0.39, 0.29) is 4.90 Å². The van der Waals surface area contributed by atoms with Crippen LogP contribution >= 0.6 is 0 Å². The van der Waals surface area contributed by atoms with E-state index in [0.29, 0.717) is 12.3 Å². The van der Waals surface area contributed by atoms with Gasteiger partial charge < -0.3 is 19.9 Å². The van der Waals surface area contributed by atoms with Gasteiger partial charge in [0, 0.05) is 50.8 Å². The van der Waals surface area contributed by atoms with Gasteiger partial charge in [0.1, 0.15) is 0 Å². The summed E-state index contributed by atoms with van der Waals surface area (Å²) < 4.78 is 33.2. The minimum Gasteiger partial charge on any atom is -0.408 e. The van der Waals surface area contributed by atoms with Gasteiger partial charge in [-0.15, -0.1) is 0 Å². The highest BCUT2D eigenvalue weighted by atomic mass is 32.2. The third kappa shape index (κ3) is 8.64. The molecule has 1 amide bonds. The number of unbranched alkanes of at least 4 members (excludes halogenated alkanes) is 2. The first kappa shape index (κ1) is 30.8. The lowest BCUT2D eigenvalue weighted by Gasteiger charge is -2.26. The Morgan fingerprint density at radius 1 is 1.02 bits per heavy atom. The number of nitrogens with zero attached hydrogens (tertiary/aromatic N) is 3. The Balaban J connectivity index is 1.77. The first-order valence-electron chi connectivity index (χ1n) is 13.6. The molecule has 1 heterocycles. The molecule has 0 bridgehead atoms. The van der Waals surface area contributed by atoms with E-state index in [1.807, 2.05) is 70.1 Å². The normalized spacial score (nSPS) is 11.9.